The number of benzene rings is 1. The third kappa shape index (κ3) is 5.47. The summed E-state index contributed by atoms with van der Waals surface area (Å²) in [7, 11) is -4.11. The number of carbonyl (C=O) groups is 1. The van der Waals surface area contributed by atoms with Crippen molar-refractivity contribution in [1.29, 1.82) is 0 Å². The summed E-state index contributed by atoms with van der Waals surface area (Å²) in [5.74, 6) is 0.550. The van der Waals surface area contributed by atoms with E-state index in [0.717, 1.165) is 30.4 Å². The molecular weight excluding hydrogens is 440 g/mol. The first kappa shape index (κ1) is 26.6. The largest absolute Gasteiger partial charge is 0.411 e. The molecule has 0 spiro atoms. The van der Waals surface area contributed by atoms with Crippen LogP contribution in [0.4, 0.5) is 0 Å². The molecule has 3 rings (SSSR count). The fraction of sp³-hybridized carbons (Fsp3) is 0.679. The second kappa shape index (κ2) is 9.21. The monoisotopic (exact) mass is 486 g/mol. The number of rotatable bonds is 5. The Bertz CT molecular complexity index is 888. The van der Waals surface area contributed by atoms with Gasteiger partial charge in [-0.05, 0) is 66.2 Å². The van der Waals surface area contributed by atoms with Gasteiger partial charge >= 0.3 is 0 Å². The smallest absolute Gasteiger partial charge is 0.193 e. The molecule has 3 atom stereocenters. The molecule has 3 nitrogen and oxygen atoms in total. The highest BCUT2D eigenvalue weighted by Crippen LogP contribution is 2.49. The molecule has 2 aliphatic carbocycles. The minimum Gasteiger partial charge on any atom is -0.411 e. The number of hydrogen-bond donors (Lipinski definition) is 0. The van der Waals surface area contributed by atoms with E-state index in [1.54, 1.807) is 0 Å². The number of allylic oxidation sites excluding steroid dienone is 1. The highest BCUT2D eigenvalue weighted by Gasteiger charge is 2.49. The van der Waals surface area contributed by atoms with E-state index in [-0.39, 0.29) is 34.0 Å². The van der Waals surface area contributed by atoms with E-state index in [9.17, 15) is 4.79 Å². The molecule has 0 bridgehead atoms. The van der Waals surface area contributed by atoms with E-state index in [2.05, 4.69) is 79.9 Å². The lowest BCUT2D eigenvalue weighted by Crippen LogP contribution is -2.52. The Morgan fingerprint density at radius 1 is 0.818 bits per heavy atom. The molecule has 1 aromatic rings. The normalized spacial score (nSPS) is 25.3. The van der Waals surface area contributed by atoms with Gasteiger partial charge in [0.25, 0.3) is 0 Å². The topological polar surface area (TPSA) is 35.5 Å². The van der Waals surface area contributed by atoms with Crippen LogP contribution in [0.3, 0.4) is 0 Å². The Morgan fingerprint density at radius 2 is 1.36 bits per heavy atom. The third-order valence-electron chi connectivity index (χ3n) is 8.67. The molecule has 0 radical (unpaired) electrons. The van der Waals surface area contributed by atoms with Gasteiger partial charge in [-0.1, -0.05) is 78.3 Å². The van der Waals surface area contributed by atoms with Gasteiger partial charge in [0.1, 0.15) is 0 Å². The van der Waals surface area contributed by atoms with E-state index in [1.807, 2.05) is 18.2 Å². The van der Waals surface area contributed by atoms with Gasteiger partial charge in [0.15, 0.2) is 22.4 Å². The van der Waals surface area contributed by atoms with Crippen LogP contribution in [0.1, 0.15) is 72.8 Å². The molecule has 1 aromatic carbocycles. The van der Waals surface area contributed by atoms with E-state index < -0.39 is 16.6 Å². The molecule has 0 saturated heterocycles. The Balaban J connectivity index is 2.17. The van der Waals surface area contributed by atoms with Crippen molar-refractivity contribution in [2.75, 3.05) is 0 Å². The van der Waals surface area contributed by atoms with Gasteiger partial charge < -0.3 is 8.85 Å². The maximum absolute atomic E-state index is 13.4. The number of Topliss-reactive ketones (excluding diaryl/α,β-unsaturated/α-hetero) is 1. The standard InChI is InChI=1S/C28H46O3Si2/c1-27(2,3)32(7,8)30-23-18-14-17-21-19-22(29)24(20-15-12-11-13-16-20)25(21)26(23)31-33(9,10)28(4,5)6/h11-13,15-16,21,23,26H,14,17-19H2,1-10H3/t21?,23-,26+/m0/s1. The van der Waals surface area contributed by atoms with Crippen LogP contribution in [0, 0.1) is 5.92 Å². The van der Waals surface area contributed by atoms with Gasteiger partial charge in [0.2, 0.25) is 0 Å². The average molecular weight is 487 g/mol. The van der Waals surface area contributed by atoms with E-state index in [0.29, 0.717) is 6.42 Å². The quantitative estimate of drug-likeness (QED) is 0.396. The van der Waals surface area contributed by atoms with E-state index in [4.69, 9.17) is 8.85 Å². The summed E-state index contributed by atoms with van der Waals surface area (Å²) in [5.41, 5.74) is 3.18. The molecule has 0 amide bonds. The number of fused-ring (bicyclic) bond motifs is 1. The van der Waals surface area contributed by atoms with Crippen LogP contribution in [0.15, 0.2) is 35.9 Å². The minimum absolute atomic E-state index is 0.00429. The van der Waals surface area contributed by atoms with Crippen molar-refractivity contribution >= 4 is 28.0 Å². The van der Waals surface area contributed by atoms with Crippen molar-refractivity contribution in [2.45, 2.75) is 116 Å². The summed E-state index contributed by atoms with van der Waals surface area (Å²) >= 11 is 0. The summed E-state index contributed by atoms with van der Waals surface area (Å²) in [6, 6.07) is 10.3. The number of ketones is 1. The second-order valence-electron chi connectivity index (χ2n) is 13.2. The number of hydrogen-bond acceptors (Lipinski definition) is 3. The fourth-order valence-corrected chi connectivity index (χ4v) is 7.21. The lowest BCUT2D eigenvalue weighted by Gasteiger charge is -2.45. The molecular formula is C28H46O3Si2. The van der Waals surface area contributed by atoms with Crippen LogP contribution in [-0.4, -0.2) is 34.6 Å². The molecule has 0 aromatic heterocycles. The van der Waals surface area contributed by atoms with Crippen molar-refractivity contribution in [3.05, 3.63) is 41.5 Å². The van der Waals surface area contributed by atoms with Gasteiger partial charge in [-0.2, -0.15) is 0 Å². The van der Waals surface area contributed by atoms with Crippen molar-refractivity contribution < 1.29 is 13.6 Å². The third-order valence-corrected chi connectivity index (χ3v) is 17.6. The summed E-state index contributed by atoms with van der Waals surface area (Å²) in [4.78, 5) is 13.4. The zero-order chi connectivity index (χ0) is 24.8. The van der Waals surface area contributed by atoms with E-state index >= 15 is 0 Å². The van der Waals surface area contributed by atoms with Crippen molar-refractivity contribution in [1.82, 2.24) is 0 Å². The number of carbonyl (C=O) groups excluding carboxylic acids is 1. The zero-order valence-corrected chi connectivity index (χ0v) is 24.7. The van der Waals surface area contributed by atoms with Gasteiger partial charge in [-0.15, -0.1) is 0 Å². The summed E-state index contributed by atoms with van der Waals surface area (Å²) in [6.07, 6.45) is 3.61. The van der Waals surface area contributed by atoms with Crippen LogP contribution in [-0.2, 0) is 13.6 Å². The summed E-state index contributed by atoms with van der Waals surface area (Å²) < 4.78 is 14.3. The summed E-state index contributed by atoms with van der Waals surface area (Å²) in [5, 5.41) is 0.217. The molecule has 1 saturated carbocycles. The zero-order valence-electron chi connectivity index (χ0n) is 22.7. The SMILES string of the molecule is CC(C)(C)[Si](C)(C)O[C@H]1CCCC2CC(=O)C(c3ccccc3)=C2[C@@H]1O[Si](C)(C)C(C)(C)C. The van der Waals surface area contributed by atoms with Crippen molar-refractivity contribution in [3.8, 4) is 0 Å². The average Bonchev–Trinajstić information content (AvgIpc) is 2.92. The second-order valence-corrected chi connectivity index (χ2v) is 22.7. The predicted octanol–water partition coefficient (Wildman–Crippen LogP) is 7.99. The van der Waals surface area contributed by atoms with Crippen LogP contribution >= 0.6 is 0 Å². The predicted molar refractivity (Wildman–Crippen MR) is 144 cm³/mol. The van der Waals surface area contributed by atoms with Gasteiger partial charge in [-0.3, -0.25) is 4.79 Å². The van der Waals surface area contributed by atoms with Crippen molar-refractivity contribution in [2.24, 2.45) is 5.92 Å². The Labute approximate surface area is 204 Å². The first-order chi connectivity index (χ1) is 15.1. The highest BCUT2D eigenvalue weighted by molar-refractivity contribution is 6.74. The first-order valence-electron chi connectivity index (χ1n) is 12.7. The molecule has 0 aliphatic heterocycles. The molecule has 1 unspecified atom stereocenters. The molecule has 1 fully saturated rings. The minimum atomic E-state index is -2.10. The lowest BCUT2D eigenvalue weighted by atomic mass is 9.91. The first-order valence-corrected chi connectivity index (χ1v) is 18.5. The molecule has 5 heteroatoms. The molecule has 2 aliphatic rings. The molecule has 0 heterocycles. The Morgan fingerprint density at radius 3 is 1.91 bits per heavy atom. The van der Waals surface area contributed by atoms with E-state index in [1.165, 1.54) is 5.57 Å². The molecule has 0 N–H and O–H groups in total. The Kier molecular flexibility index (Phi) is 7.42. The van der Waals surface area contributed by atoms with Gasteiger partial charge in [0.05, 0.1) is 12.2 Å². The van der Waals surface area contributed by atoms with Gasteiger partial charge in [-0.25, -0.2) is 0 Å². The maximum atomic E-state index is 13.4. The highest BCUT2D eigenvalue weighted by atomic mass is 28.4. The van der Waals surface area contributed by atoms with Crippen LogP contribution in [0.25, 0.3) is 5.57 Å². The summed E-state index contributed by atoms with van der Waals surface area (Å²) in [6.45, 7) is 23.1. The molecule has 184 valence electrons. The molecule has 33 heavy (non-hydrogen) atoms. The van der Waals surface area contributed by atoms with Crippen LogP contribution < -0.4 is 0 Å². The Hall–Kier alpha value is -1.02. The lowest BCUT2D eigenvalue weighted by molar-refractivity contribution is -0.113. The van der Waals surface area contributed by atoms with Gasteiger partial charge in [0, 0.05) is 12.0 Å². The fourth-order valence-electron chi connectivity index (χ4n) is 4.59. The van der Waals surface area contributed by atoms with Crippen molar-refractivity contribution in [3.63, 3.8) is 0 Å². The van der Waals surface area contributed by atoms with Crippen LogP contribution in [0.5, 0.6) is 0 Å². The van der Waals surface area contributed by atoms with Crippen LogP contribution in [0.2, 0.25) is 36.3 Å². The maximum Gasteiger partial charge on any atom is 0.193 e.